The summed E-state index contributed by atoms with van der Waals surface area (Å²) in [6, 6.07) is 9.07. The molecule has 1 aromatic carbocycles. The molecule has 0 aliphatic carbocycles. The molecule has 0 saturated carbocycles. The maximum atomic E-state index is 5.92. The smallest absolute Gasteiger partial charge is 0.161 e. The lowest BCUT2D eigenvalue weighted by molar-refractivity contribution is 0.0552. The van der Waals surface area contributed by atoms with Crippen LogP contribution in [0.4, 0.5) is 0 Å². The number of hydrogen-bond acceptors (Lipinski definition) is 5. The first-order chi connectivity index (χ1) is 9.29. The average Bonchev–Trinajstić information content (AvgIpc) is 2.86. The summed E-state index contributed by atoms with van der Waals surface area (Å²) in [5, 5.41) is 0. The molecule has 0 saturated heterocycles. The van der Waals surface area contributed by atoms with Crippen LogP contribution >= 0.6 is 15.9 Å². The summed E-state index contributed by atoms with van der Waals surface area (Å²) < 4.78 is 17.9. The largest absolute Gasteiger partial charge is 0.486 e. The lowest BCUT2D eigenvalue weighted by Gasteiger charge is -2.31. The summed E-state index contributed by atoms with van der Waals surface area (Å²) in [5.74, 6) is 7.76. The van der Waals surface area contributed by atoms with E-state index < -0.39 is 0 Å². The number of fused-ring (bicyclic) bond motifs is 1. The molecule has 2 aromatic rings. The highest BCUT2D eigenvalue weighted by Gasteiger charge is 2.32. The average molecular weight is 325 g/mol. The Hall–Kier alpha value is -1.50. The van der Waals surface area contributed by atoms with Gasteiger partial charge in [-0.1, -0.05) is 12.1 Å². The van der Waals surface area contributed by atoms with Gasteiger partial charge in [-0.15, -0.1) is 0 Å². The molecule has 2 heterocycles. The van der Waals surface area contributed by atoms with Crippen LogP contribution in [0.1, 0.15) is 11.8 Å². The fourth-order valence-corrected chi connectivity index (χ4v) is 2.53. The number of nitrogens with two attached hydrogens (primary N) is 1. The van der Waals surface area contributed by atoms with E-state index in [9.17, 15) is 0 Å². The molecule has 1 aliphatic heterocycles. The summed E-state index contributed by atoms with van der Waals surface area (Å²) >= 11 is 3.42. The summed E-state index contributed by atoms with van der Waals surface area (Å²) in [6.45, 7) is 0.402. The van der Waals surface area contributed by atoms with E-state index in [4.69, 9.17) is 19.7 Å². The SMILES string of the molecule is NNC(c1occc1Br)C1COc2ccccc2O1. The molecule has 0 radical (unpaired) electrons. The molecule has 1 aromatic heterocycles. The van der Waals surface area contributed by atoms with E-state index in [1.54, 1.807) is 6.26 Å². The third kappa shape index (κ3) is 2.34. The van der Waals surface area contributed by atoms with Crippen LogP contribution in [0, 0.1) is 0 Å². The maximum Gasteiger partial charge on any atom is 0.161 e. The Morgan fingerprint density at radius 3 is 2.74 bits per heavy atom. The highest BCUT2D eigenvalue weighted by Crippen LogP contribution is 2.35. The van der Waals surface area contributed by atoms with Gasteiger partial charge in [0.1, 0.15) is 18.4 Å². The Kier molecular flexibility index (Phi) is 3.46. The first kappa shape index (κ1) is 12.5. The van der Waals surface area contributed by atoms with Gasteiger partial charge < -0.3 is 13.9 Å². The number of furan rings is 1. The Morgan fingerprint density at radius 2 is 2.05 bits per heavy atom. The van der Waals surface area contributed by atoms with Crippen molar-refractivity contribution in [1.82, 2.24) is 5.43 Å². The van der Waals surface area contributed by atoms with E-state index in [2.05, 4.69) is 21.4 Å². The quantitative estimate of drug-likeness (QED) is 0.670. The molecule has 3 rings (SSSR count). The minimum atomic E-state index is -0.294. The predicted octanol–water partition coefficient (Wildman–Crippen LogP) is 2.39. The van der Waals surface area contributed by atoms with Gasteiger partial charge in [-0.25, -0.2) is 5.43 Å². The number of hydrazine groups is 1. The van der Waals surface area contributed by atoms with Gasteiger partial charge in [0.05, 0.1) is 10.7 Å². The van der Waals surface area contributed by atoms with Crippen molar-refractivity contribution in [1.29, 1.82) is 0 Å². The Morgan fingerprint density at radius 1 is 1.26 bits per heavy atom. The predicted molar refractivity (Wildman–Crippen MR) is 72.8 cm³/mol. The standard InChI is InChI=1S/C13H13BrN2O3/c14-8-5-6-17-13(8)12(16-15)11-7-18-9-3-1-2-4-10(9)19-11/h1-6,11-12,16H,7,15H2. The first-order valence-corrected chi connectivity index (χ1v) is 6.66. The van der Waals surface area contributed by atoms with Gasteiger partial charge in [0, 0.05) is 0 Å². The van der Waals surface area contributed by atoms with Crippen LogP contribution in [-0.2, 0) is 0 Å². The van der Waals surface area contributed by atoms with Crippen molar-refractivity contribution < 1.29 is 13.9 Å². The molecule has 0 spiro atoms. The van der Waals surface area contributed by atoms with E-state index in [1.807, 2.05) is 30.3 Å². The summed E-state index contributed by atoms with van der Waals surface area (Å²) in [5.41, 5.74) is 2.72. The van der Waals surface area contributed by atoms with Crippen molar-refractivity contribution in [2.75, 3.05) is 6.61 Å². The molecule has 0 bridgehead atoms. The monoisotopic (exact) mass is 324 g/mol. The molecule has 0 amide bonds. The normalized spacial score (nSPS) is 19.2. The fraction of sp³-hybridized carbons (Fsp3) is 0.231. The molecule has 6 heteroatoms. The van der Waals surface area contributed by atoms with Crippen LogP contribution < -0.4 is 20.7 Å². The maximum absolute atomic E-state index is 5.92. The lowest BCUT2D eigenvalue weighted by atomic mass is 10.1. The van der Waals surface area contributed by atoms with Crippen LogP contribution in [-0.4, -0.2) is 12.7 Å². The zero-order valence-corrected chi connectivity index (χ0v) is 11.6. The van der Waals surface area contributed by atoms with Gasteiger partial charge in [0.25, 0.3) is 0 Å². The van der Waals surface area contributed by atoms with Crippen molar-refractivity contribution in [3.05, 3.63) is 46.8 Å². The number of nitrogens with one attached hydrogen (secondary N) is 1. The minimum Gasteiger partial charge on any atom is -0.486 e. The zero-order valence-electron chi connectivity index (χ0n) is 10.0. The molecule has 19 heavy (non-hydrogen) atoms. The highest BCUT2D eigenvalue weighted by atomic mass is 79.9. The molecule has 0 fully saturated rings. The van der Waals surface area contributed by atoms with Crippen molar-refractivity contribution in [2.45, 2.75) is 12.1 Å². The molecule has 2 atom stereocenters. The van der Waals surface area contributed by atoms with Gasteiger partial charge in [0.2, 0.25) is 0 Å². The molecular weight excluding hydrogens is 312 g/mol. The van der Waals surface area contributed by atoms with Crippen LogP contribution in [0.25, 0.3) is 0 Å². The summed E-state index contributed by atoms with van der Waals surface area (Å²) in [7, 11) is 0. The van der Waals surface area contributed by atoms with Crippen LogP contribution in [0.5, 0.6) is 11.5 Å². The van der Waals surface area contributed by atoms with Crippen molar-refractivity contribution in [2.24, 2.45) is 5.84 Å². The number of rotatable bonds is 3. The Labute approximate surface area is 118 Å². The van der Waals surface area contributed by atoms with Crippen LogP contribution in [0.2, 0.25) is 0 Å². The van der Waals surface area contributed by atoms with Crippen molar-refractivity contribution in [3.63, 3.8) is 0 Å². The molecular formula is C13H13BrN2O3. The lowest BCUT2D eigenvalue weighted by Crippen LogP contribution is -2.44. The molecule has 100 valence electrons. The van der Waals surface area contributed by atoms with Gasteiger partial charge in [-0.05, 0) is 34.1 Å². The van der Waals surface area contributed by atoms with Crippen LogP contribution in [0.3, 0.4) is 0 Å². The van der Waals surface area contributed by atoms with Gasteiger partial charge in [-0.2, -0.15) is 0 Å². The molecule has 1 aliphatic rings. The second kappa shape index (κ2) is 5.24. The van der Waals surface area contributed by atoms with Gasteiger partial charge in [-0.3, -0.25) is 5.84 Å². The third-order valence-electron chi connectivity index (χ3n) is 3.01. The number of para-hydroxylation sites is 2. The van der Waals surface area contributed by atoms with E-state index in [1.165, 1.54) is 0 Å². The Bertz CT molecular complexity index is 573. The Balaban J connectivity index is 1.85. The van der Waals surface area contributed by atoms with Crippen molar-refractivity contribution >= 4 is 15.9 Å². The number of benzene rings is 1. The molecule has 3 N–H and O–H groups in total. The van der Waals surface area contributed by atoms with E-state index in [0.717, 1.165) is 10.2 Å². The summed E-state index contributed by atoms with van der Waals surface area (Å²) in [6.07, 6.45) is 1.34. The fourth-order valence-electron chi connectivity index (χ4n) is 2.08. The van der Waals surface area contributed by atoms with Gasteiger partial charge >= 0.3 is 0 Å². The number of ether oxygens (including phenoxy) is 2. The third-order valence-corrected chi connectivity index (χ3v) is 3.66. The summed E-state index contributed by atoms with van der Waals surface area (Å²) in [4.78, 5) is 0. The van der Waals surface area contributed by atoms with Crippen LogP contribution in [0.15, 0.2) is 45.5 Å². The zero-order chi connectivity index (χ0) is 13.2. The number of halogens is 1. The second-order valence-electron chi connectivity index (χ2n) is 4.19. The minimum absolute atomic E-state index is 0.262. The number of hydrogen-bond donors (Lipinski definition) is 2. The van der Waals surface area contributed by atoms with E-state index in [-0.39, 0.29) is 12.1 Å². The van der Waals surface area contributed by atoms with E-state index >= 15 is 0 Å². The second-order valence-corrected chi connectivity index (χ2v) is 5.05. The van der Waals surface area contributed by atoms with Gasteiger partial charge in [0.15, 0.2) is 17.6 Å². The van der Waals surface area contributed by atoms with Crippen molar-refractivity contribution in [3.8, 4) is 11.5 Å². The molecule has 5 nitrogen and oxygen atoms in total. The van der Waals surface area contributed by atoms with E-state index in [0.29, 0.717) is 18.1 Å². The molecule has 2 unspecified atom stereocenters. The highest BCUT2D eigenvalue weighted by molar-refractivity contribution is 9.10. The first-order valence-electron chi connectivity index (χ1n) is 5.87. The topological polar surface area (TPSA) is 69.7 Å².